The van der Waals surface area contributed by atoms with E-state index in [9.17, 15) is 0 Å². The Morgan fingerprint density at radius 1 is 1.40 bits per heavy atom. The molecule has 0 aromatic carbocycles. The van der Waals surface area contributed by atoms with Crippen molar-refractivity contribution in [2.24, 2.45) is 0 Å². The van der Waals surface area contributed by atoms with Gasteiger partial charge in [-0.05, 0) is 6.92 Å². The standard InChI is InChI=1S/C12H15N7O/c1-8(5-18-4-3-14-7-18)19-10-9(17-12(19)13)11(20-2)16-6-15-10/h3-4,6-8H,5H2,1-2H3,(H2,13,17). The van der Waals surface area contributed by atoms with Crippen molar-refractivity contribution in [3.63, 3.8) is 0 Å². The fourth-order valence-corrected chi connectivity index (χ4v) is 2.27. The maximum atomic E-state index is 6.01. The summed E-state index contributed by atoms with van der Waals surface area (Å²) in [7, 11) is 1.55. The quantitative estimate of drug-likeness (QED) is 0.757. The van der Waals surface area contributed by atoms with E-state index in [0.717, 1.165) is 6.54 Å². The molecule has 2 N–H and O–H groups in total. The van der Waals surface area contributed by atoms with Crippen molar-refractivity contribution < 1.29 is 4.74 Å². The Bertz CT molecular complexity index is 719. The van der Waals surface area contributed by atoms with Crippen molar-refractivity contribution in [2.45, 2.75) is 19.5 Å². The van der Waals surface area contributed by atoms with E-state index >= 15 is 0 Å². The molecule has 0 saturated carbocycles. The first-order chi connectivity index (χ1) is 9.70. The van der Waals surface area contributed by atoms with E-state index in [1.807, 2.05) is 22.3 Å². The van der Waals surface area contributed by atoms with Gasteiger partial charge in [-0.3, -0.25) is 4.57 Å². The van der Waals surface area contributed by atoms with E-state index < -0.39 is 0 Å². The molecule has 0 amide bonds. The lowest BCUT2D eigenvalue weighted by molar-refractivity contribution is 0.401. The third kappa shape index (κ3) is 1.94. The minimum Gasteiger partial charge on any atom is -0.479 e. The van der Waals surface area contributed by atoms with Crippen molar-refractivity contribution in [1.82, 2.24) is 29.1 Å². The maximum Gasteiger partial charge on any atom is 0.245 e. The molecular formula is C12H15N7O. The molecule has 3 rings (SSSR count). The highest BCUT2D eigenvalue weighted by atomic mass is 16.5. The highest BCUT2D eigenvalue weighted by Gasteiger charge is 2.18. The van der Waals surface area contributed by atoms with Crippen LogP contribution in [0.15, 0.2) is 25.0 Å². The second-order valence-corrected chi connectivity index (χ2v) is 4.50. The van der Waals surface area contributed by atoms with Crippen LogP contribution in [0.25, 0.3) is 11.2 Å². The summed E-state index contributed by atoms with van der Waals surface area (Å²) in [6, 6.07) is 0.0776. The van der Waals surface area contributed by atoms with Crippen LogP contribution < -0.4 is 10.5 Å². The summed E-state index contributed by atoms with van der Waals surface area (Å²) < 4.78 is 9.04. The molecule has 104 valence electrons. The van der Waals surface area contributed by atoms with Gasteiger partial charge in [0.15, 0.2) is 11.2 Å². The Labute approximate surface area is 115 Å². The number of hydrogen-bond donors (Lipinski definition) is 1. The fraction of sp³-hybridized carbons (Fsp3) is 0.333. The number of nitrogen functional groups attached to an aromatic ring is 1. The van der Waals surface area contributed by atoms with Crippen LogP contribution in [0.1, 0.15) is 13.0 Å². The molecule has 3 heterocycles. The van der Waals surface area contributed by atoms with Gasteiger partial charge in [-0.25, -0.2) is 15.0 Å². The molecule has 0 bridgehead atoms. The summed E-state index contributed by atoms with van der Waals surface area (Å²) in [4.78, 5) is 16.6. The lowest BCUT2D eigenvalue weighted by Gasteiger charge is -2.15. The molecule has 0 fully saturated rings. The predicted molar refractivity (Wildman–Crippen MR) is 73.2 cm³/mol. The second-order valence-electron chi connectivity index (χ2n) is 4.50. The normalized spacial score (nSPS) is 12.7. The topological polar surface area (TPSA) is 96.7 Å². The van der Waals surface area contributed by atoms with E-state index in [-0.39, 0.29) is 6.04 Å². The van der Waals surface area contributed by atoms with Crippen LogP contribution in [0.4, 0.5) is 5.95 Å². The number of nitrogens with two attached hydrogens (primary N) is 1. The Balaban J connectivity index is 2.04. The first kappa shape index (κ1) is 12.4. The molecule has 1 atom stereocenters. The first-order valence-corrected chi connectivity index (χ1v) is 6.19. The molecular weight excluding hydrogens is 258 g/mol. The minimum absolute atomic E-state index is 0.0776. The molecule has 0 saturated heterocycles. The van der Waals surface area contributed by atoms with E-state index in [4.69, 9.17) is 10.5 Å². The van der Waals surface area contributed by atoms with E-state index in [0.29, 0.717) is 23.0 Å². The Hall–Kier alpha value is -2.64. The zero-order valence-electron chi connectivity index (χ0n) is 11.3. The average molecular weight is 273 g/mol. The van der Waals surface area contributed by atoms with Gasteiger partial charge in [0, 0.05) is 18.9 Å². The minimum atomic E-state index is 0.0776. The second kappa shape index (κ2) is 4.80. The van der Waals surface area contributed by atoms with Crippen LogP contribution in [-0.4, -0.2) is 36.2 Å². The highest BCUT2D eigenvalue weighted by molar-refractivity contribution is 5.79. The summed E-state index contributed by atoms with van der Waals surface area (Å²) in [5, 5.41) is 0. The van der Waals surface area contributed by atoms with Crippen molar-refractivity contribution >= 4 is 17.1 Å². The van der Waals surface area contributed by atoms with Gasteiger partial charge in [0.25, 0.3) is 0 Å². The van der Waals surface area contributed by atoms with Crippen molar-refractivity contribution in [3.05, 3.63) is 25.0 Å². The van der Waals surface area contributed by atoms with Gasteiger partial charge >= 0.3 is 0 Å². The summed E-state index contributed by atoms with van der Waals surface area (Å²) >= 11 is 0. The monoisotopic (exact) mass is 273 g/mol. The molecule has 8 nitrogen and oxygen atoms in total. The van der Waals surface area contributed by atoms with Crippen LogP contribution in [0.5, 0.6) is 5.88 Å². The maximum absolute atomic E-state index is 6.01. The van der Waals surface area contributed by atoms with Crippen molar-refractivity contribution in [1.29, 1.82) is 0 Å². The molecule has 0 aliphatic rings. The van der Waals surface area contributed by atoms with Crippen LogP contribution in [-0.2, 0) is 6.54 Å². The molecule has 3 aromatic heterocycles. The Kier molecular flexibility index (Phi) is 2.97. The number of rotatable bonds is 4. The number of nitrogens with zero attached hydrogens (tertiary/aromatic N) is 6. The van der Waals surface area contributed by atoms with Gasteiger partial charge in [0.2, 0.25) is 11.8 Å². The molecule has 0 spiro atoms. The number of imidazole rings is 2. The molecule has 0 aliphatic carbocycles. The van der Waals surface area contributed by atoms with Gasteiger partial charge in [0.1, 0.15) is 6.33 Å². The Morgan fingerprint density at radius 3 is 2.95 bits per heavy atom. The van der Waals surface area contributed by atoms with E-state index in [1.54, 1.807) is 19.6 Å². The number of hydrogen-bond acceptors (Lipinski definition) is 6. The van der Waals surface area contributed by atoms with Gasteiger partial charge in [-0.1, -0.05) is 0 Å². The molecule has 1 unspecified atom stereocenters. The number of anilines is 1. The summed E-state index contributed by atoms with van der Waals surface area (Å²) in [6.45, 7) is 2.77. The average Bonchev–Trinajstić information content (AvgIpc) is 3.04. The summed E-state index contributed by atoms with van der Waals surface area (Å²) in [5.74, 6) is 0.821. The first-order valence-electron chi connectivity index (χ1n) is 6.19. The van der Waals surface area contributed by atoms with Crippen molar-refractivity contribution in [3.8, 4) is 5.88 Å². The third-order valence-corrected chi connectivity index (χ3v) is 3.14. The SMILES string of the molecule is COc1ncnc2c1nc(N)n2C(C)Cn1ccnc1. The van der Waals surface area contributed by atoms with Crippen LogP contribution in [0.2, 0.25) is 0 Å². The molecule has 8 heteroatoms. The largest absolute Gasteiger partial charge is 0.479 e. The predicted octanol–water partition coefficient (Wildman–Crippen LogP) is 0.875. The number of aromatic nitrogens is 6. The fourth-order valence-electron chi connectivity index (χ4n) is 2.27. The molecule has 3 aromatic rings. The van der Waals surface area contributed by atoms with E-state index in [2.05, 4.69) is 19.9 Å². The van der Waals surface area contributed by atoms with Crippen LogP contribution >= 0.6 is 0 Å². The molecule has 20 heavy (non-hydrogen) atoms. The van der Waals surface area contributed by atoms with Crippen LogP contribution in [0.3, 0.4) is 0 Å². The van der Waals surface area contributed by atoms with Crippen molar-refractivity contribution in [2.75, 3.05) is 12.8 Å². The van der Waals surface area contributed by atoms with Gasteiger partial charge in [-0.2, -0.15) is 4.98 Å². The number of fused-ring (bicyclic) bond motifs is 1. The molecule has 0 aliphatic heterocycles. The number of methoxy groups -OCH3 is 1. The van der Waals surface area contributed by atoms with Crippen LogP contribution in [0, 0.1) is 0 Å². The third-order valence-electron chi connectivity index (χ3n) is 3.14. The zero-order chi connectivity index (χ0) is 14.1. The number of ether oxygens (including phenoxy) is 1. The lowest BCUT2D eigenvalue weighted by atomic mass is 10.3. The summed E-state index contributed by atoms with van der Waals surface area (Å²) in [6.07, 6.45) is 6.86. The zero-order valence-corrected chi connectivity index (χ0v) is 11.3. The van der Waals surface area contributed by atoms with E-state index in [1.165, 1.54) is 6.33 Å². The Morgan fingerprint density at radius 2 is 2.25 bits per heavy atom. The lowest BCUT2D eigenvalue weighted by Crippen LogP contribution is -2.14. The molecule has 0 radical (unpaired) electrons. The van der Waals surface area contributed by atoms with Gasteiger partial charge in [-0.15, -0.1) is 0 Å². The smallest absolute Gasteiger partial charge is 0.245 e. The van der Waals surface area contributed by atoms with Gasteiger partial charge in [0.05, 0.1) is 19.5 Å². The summed E-state index contributed by atoms with van der Waals surface area (Å²) in [5.41, 5.74) is 7.25. The van der Waals surface area contributed by atoms with Gasteiger partial charge < -0.3 is 15.0 Å². The highest BCUT2D eigenvalue weighted by Crippen LogP contribution is 2.26.